The maximum Gasteiger partial charge on any atom is 0.341 e. The van der Waals surface area contributed by atoms with Gasteiger partial charge in [0, 0.05) is 5.56 Å². The number of aliphatic carboxylic acids is 1. The molecule has 0 bridgehead atoms. The van der Waals surface area contributed by atoms with Gasteiger partial charge in [-0.2, -0.15) is 0 Å². The lowest BCUT2D eigenvalue weighted by molar-refractivity contribution is -0.139. The Morgan fingerprint density at radius 3 is 2.52 bits per heavy atom. The number of benzene rings is 1. The van der Waals surface area contributed by atoms with Gasteiger partial charge in [0.05, 0.1) is 10.7 Å². The second-order valence-electron chi connectivity index (χ2n) is 5.05. The normalized spacial score (nSPS) is 10.5. The lowest BCUT2D eigenvalue weighted by Crippen LogP contribution is -2.24. The van der Waals surface area contributed by atoms with E-state index in [1.54, 1.807) is 6.07 Å². The number of carbonyl (C=O) groups is 2. The molecule has 132 valence electrons. The summed E-state index contributed by atoms with van der Waals surface area (Å²) in [6.07, 6.45) is 0.498. The number of pyridine rings is 1. The number of aromatic amines is 1. The third kappa shape index (κ3) is 3.94. The first kappa shape index (κ1) is 18.8. The predicted molar refractivity (Wildman–Crippen MR) is 93.5 cm³/mol. The van der Waals surface area contributed by atoms with Crippen molar-refractivity contribution >= 4 is 35.1 Å². The lowest BCUT2D eigenvalue weighted by Gasteiger charge is -2.14. The molecular formula is C16H14Cl2N2O5. The van der Waals surface area contributed by atoms with Crippen LogP contribution in [0.5, 0.6) is 5.75 Å². The van der Waals surface area contributed by atoms with E-state index in [1.807, 2.05) is 6.92 Å². The topological polar surface area (TPSA) is 122 Å². The Morgan fingerprint density at radius 2 is 1.96 bits per heavy atom. The Morgan fingerprint density at radius 1 is 1.28 bits per heavy atom. The van der Waals surface area contributed by atoms with Crippen LogP contribution in [0.25, 0.3) is 11.3 Å². The second-order valence-corrected chi connectivity index (χ2v) is 5.81. The van der Waals surface area contributed by atoms with Crippen LogP contribution in [0.3, 0.4) is 0 Å². The molecule has 0 spiro atoms. The predicted octanol–water partition coefficient (Wildman–Crippen LogP) is 2.47. The van der Waals surface area contributed by atoms with Gasteiger partial charge in [0.1, 0.15) is 16.3 Å². The van der Waals surface area contributed by atoms with E-state index in [-0.39, 0.29) is 21.4 Å². The average molecular weight is 385 g/mol. The van der Waals surface area contributed by atoms with Crippen molar-refractivity contribution in [2.24, 2.45) is 5.73 Å². The number of rotatable bonds is 6. The van der Waals surface area contributed by atoms with Gasteiger partial charge in [-0.3, -0.25) is 9.59 Å². The molecule has 7 nitrogen and oxygen atoms in total. The lowest BCUT2D eigenvalue weighted by atomic mass is 10.0. The SMILES string of the molecule is CCc1cc(C(N)=O)c(=O)[nH]c1-c1ccc(OCC(=O)O)c(Cl)c1Cl. The van der Waals surface area contributed by atoms with Gasteiger partial charge in [-0.05, 0) is 30.2 Å². The number of carboxylic acids is 1. The number of carboxylic acid groups (broad SMARTS) is 1. The standard InChI is InChI=1S/C16H14Cl2N2O5/c1-2-7-5-9(15(19)23)16(24)20-14(7)8-3-4-10(13(18)12(8)17)25-6-11(21)22/h3-5H,2,6H2,1H3,(H2,19,23)(H,20,24)(H,21,22). The second kappa shape index (κ2) is 7.58. The maximum absolute atomic E-state index is 12.0. The van der Waals surface area contributed by atoms with Crippen LogP contribution in [0.1, 0.15) is 22.8 Å². The summed E-state index contributed by atoms with van der Waals surface area (Å²) in [5, 5.41) is 8.76. The number of ether oxygens (including phenoxy) is 1. The molecule has 0 atom stereocenters. The van der Waals surface area contributed by atoms with Crippen molar-refractivity contribution in [1.29, 1.82) is 0 Å². The average Bonchev–Trinajstić information content (AvgIpc) is 2.55. The van der Waals surface area contributed by atoms with Gasteiger partial charge in [0.15, 0.2) is 6.61 Å². The number of hydrogen-bond acceptors (Lipinski definition) is 4. The fourth-order valence-corrected chi connectivity index (χ4v) is 2.72. The van der Waals surface area contributed by atoms with E-state index in [4.69, 9.17) is 38.8 Å². The van der Waals surface area contributed by atoms with Crippen LogP contribution in [0.4, 0.5) is 0 Å². The van der Waals surface area contributed by atoms with Crippen LogP contribution < -0.4 is 16.0 Å². The zero-order chi connectivity index (χ0) is 18.7. The van der Waals surface area contributed by atoms with Gasteiger partial charge < -0.3 is 20.6 Å². The Balaban J connectivity index is 2.57. The van der Waals surface area contributed by atoms with Crippen LogP contribution in [0.2, 0.25) is 10.0 Å². The number of carbonyl (C=O) groups excluding carboxylic acids is 1. The zero-order valence-corrected chi connectivity index (χ0v) is 14.6. The van der Waals surface area contributed by atoms with Crippen molar-refractivity contribution in [1.82, 2.24) is 4.98 Å². The Bertz CT molecular complexity index is 908. The summed E-state index contributed by atoms with van der Waals surface area (Å²) in [5.74, 6) is -1.88. The summed E-state index contributed by atoms with van der Waals surface area (Å²) >= 11 is 12.4. The highest BCUT2D eigenvalue weighted by atomic mass is 35.5. The highest BCUT2D eigenvalue weighted by Crippen LogP contribution is 2.39. The number of H-pyrrole nitrogens is 1. The minimum Gasteiger partial charge on any atom is -0.480 e. The van der Waals surface area contributed by atoms with E-state index in [1.165, 1.54) is 12.1 Å². The Kier molecular flexibility index (Phi) is 5.71. The number of halogens is 2. The van der Waals surface area contributed by atoms with E-state index in [0.717, 1.165) is 0 Å². The molecular weight excluding hydrogens is 371 g/mol. The number of aryl methyl sites for hydroxylation is 1. The van der Waals surface area contributed by atoms with Crippen LogP contribution in [0.15, 0.2) is 23.0 Å². The number of nitrogens with two attached hydrogens (primary N) is 1. The van der Waals surface area contributed by atoms with Crippen molar-refractivity contribution in [3.8, 4) is 17.0 Å². The van der Waals surface area contributed by atoms with E-state index < -0.39 is 24.0 Å². The van der Waals surface area contributed by atoms with Crippen LogP contribution >= 0.6 is 23.2 Å². The van der Waals surface area contributed by atoms with E-state index in [9.17, 15) is 14.4 Å². The molecule has 0 radical (unpaired) electrons. The molecule has 1 amide bonds. The first-order chi connectivity index (χ1) is 11.8. The van der Waals surface area contributed by atoms with Gasteiger partial charge in [-0.15, -0.1) is 0 Å². The van der Waals surface area contributed by atoms with Gasteiger partial charge in [-0.25, -0.2) is 4.79 Å². The molecule has 1 heterocycles. The van der Waals surface area contributed by atoms with Gasteiger partial charge in [-0.1, -0.05) is 30.1 Å². The summed E-state index contributed by atoms with van der Waals surface area (Å²) in [5.41, 5.74) is 5.86. The highest BCUT2D eigenvalue weighted by Gasteiger charge is 2.18. The van der Waals surface area contributed by atoms with Crippen LogP contribution in [-0.2, 0) is 11.2 Å². The first-order valence-corrected chi connectivity index (χ1v) is 7.90. The molecule has 1 aromatic carbocycles. The largest absolute Gasteiger partial charge is 0.480 e. The summed E-state index contributed by atoms with van der Waals surface area (Å²) in [7, 11) is 0. The zero-order valence-electron chi connectivity index (χ0n) is 13.1. The molecule has 0 unspecified atom stereocenters. The molecule has 2 aromatic rings. The van der Waals surface area contributed by atoms with Crippen LogP contribution in [0, 0.1) is 0 Å². The number of primary amides is 1. The van der Waals surface area contributed by atoms with E-state index in [0.29, 0.717) is 23.2 Å². The molecule has 0 aliphatic rings. The van der Waals surface area contributed by atoms with Gasteiger partial charge in [0.25, 0.3) is 11.5 Å². The maximum atomic E-state index is 12.0. The number of aromatic nitrogens is 1. The molecule has 0 aliphatic carbocycles. The molecule has 0 fully saturated rings. The summed E-state index contributed by atoms with van der Waals surface area (Å²) in [6.45, 7) is 1.27. The highest BCUT2D eigenvalue weighted by molar-refractivity contribution is 6.44. The fourth-order valence-electron chi connectivity index (χ4n) is 2.25. The summed E-state index contributed by atoms with van der Waals surface area (Å²) in [4.78, 5) is 36.5. The molecule has 2 rings (SSSR count). The Labute approximate surface area is 152 Å². The minimum absolute atomic E-state index is 0.0160. The molecule has 9 heteroatoms. The Hall–Kier alpha value is -2.51. The quantitative estimate of drug-likeness (QED) is 0.705. The van der Waals surface area contributed by atoms with Crippen LogP contribution in [-0.4, -0.2) is 28.6 Å². The van der Waals surface area contributed by atoms with Crippen molar-refractivity contribution in [2.75, 3.05) is 6.61 Å². The van der Waals surface area contributed by atoms with E-state index in [2.05, 4.69) is 4.98 Å². The summed E-state index contributed by atoms with van der Waals surface area (Å²) < 4.78 is 5.05. The molecule has 4 N–H and O–H groups in total. The fraction of sp³-hybridized carbons (Fsp3) is 0.188. The first-order valence-electron chi connectivity index (χ1n) is 7.15. The van der Waals surface area contributed by atoms with Gasteiger partial charge >= 0.3 is 5.97 Å². The van der Waals surface area contributed by atoms with E-state index >= 15 is 0 Å². The smallest absolute Gasteiger partial charge is 0.341 e. The molecule has 1 aromatic heterocycles. The summed E-state index contributed by atoms with van der Waals surface area (Å²) in [6, 6.07) is 4.40. The molecule has 0 aliphatic heterocycles. The van der Waals surface area contributed by atoms with Crippen molar-refractivity contribution in [3.05, 3.63) is 49.7 Å². The van der Waals surface area contributed by atoms with Gasteiger partial charge in [0.2, 0.25) is 0 Å². The number of hydrogen-bond donors (Lipinski definition) is 3. The molecule has 25 heavy (non-hydrogen) atoms. The number of amides is 1. The minimum atomic E-state index is -1.16. The molecule has 0 saturated heterocycles. The van der Waals surface area contributed by atoms with Crippen molar-refractivity contribution in [2.45, 2.75) is 13.3 Å². The third-order valence-corrected chi connectivity index (χ3v) is 4.30. The monoisotopic (exact) mass is 384 g/mol. The molecule has 0 saturated carbocycles. The van der Waals surface area contributed by atoms with Crippen molar-refractivity contribution in [3.63, 3.8) is 0 Å². The number of nitrogens with one attached hydrogen (secondary N) is 1. The van der Waals surface area contributed by atoms with Crippen molar-refractivity contribution < 1.29 is 19.4 Å². The third-order valence-electron chi connectivity index (χ3n) is 3.44.